The van der Waals surface area contributed by atoms with E-state index in [1.165, 1.54) is 0 Å². The summed E-state index contributed by atoms with van der Waals surface area (Å²) in [6.45, 7) is 1.93. The third kappa shape index (κ3) is 2.27. The fourth-order valence-corrected chi connectivity index (χ4v) is 1.02. The van der Waals surface area contributed by atoms with Crippen LogP contribution >= 0.6 is 12.2 Å². The van der Waals surface area contributed by atoms with E-state index < -0.39 is 5.91 Å². The quantitative estimate of drug-likeness (QED) is 0.307. The van der Waals surface area contributed by atoms with E-state index in [1.54, 1.807) is 12.1 Å². The van der Waals surface area contributed by atoms with Crippen molar-refractivity contribution in [3.8, 4) is 0 Å². The SMILES string of the molecule is Cc1ccc(C(=O)N(N)C(N)=S)cc1. The van der Waals surface area contributed by atoms with Crippen LogP contribution in [-0.4, -0.2) is 16.0 Å². The van der Waals surface area contributed by atoms with E-state index in [-0.39, 0.29) is 5.11 Å². The molecule has 1 rings (SSSR count). The highest BCUT2D eigenvalue weighted by Gasteiger charge is 2.13. The van der Waals surface area contributed by atoms with Gasteiger partial charge in [0.05, 0.1) is 0 Å². The molecule has 0 radical (unpaired) electrons. The highest BCUT2D eigenvalue weighted by molar-refractivity contribution is 7.80. The van der Waals surface area contributed by atoms with Crippen LogP contribution in [0, 0.1) is 6.92 Å². The minimum Gasteiger partial charge on any atom is -0.375 e. The molecule has 0 saturated carbocycles. The van der Waals surface area contributed by atoms with Crippen LogP contribution in [0.4, 0.5) is 0 Å². The maximum absolute atomic E-state index is 11.5. The summed E-state index contributed by atoms with van der Waals surface area (Å²) in [6, 6.07) is 6.99. The normalized spacial score (nSPS) is 9.57. The van der Waals surface area contributed by atoms with Gasteiger partial charge in [0.25, 0.3) is 5.91 Å². The molecule has 0 heterocycles. The Kier molecular flexibility index (Phi) is 3.16. The van der Waals surface area contributed by atoms with E-state index in [4.69, 9.17) is 11.6 Å². The van der Waals surface area contributed by atoms with E-state index in [9.17, 15) is 4.79 Å². The number of aryl methyl sites for hydroxylation is 1. The van der Waals surface area contributed by atoms with E-state index in [1.807, 2.05) is 19.1 Å². The van der Waals surface area contributed by atoms with Gasteiger partial charge < -0.3 is 5.73 Å². The van der Waals surface area contributed by atoms with Crippen molar-refractivity contribution in [3.05, 3.63) is 35.4 Å². The highest BCUT2D eigenvalue weighted by Crippen LogP contribution is 2.04. The van der Waals surface area contributed by atoms with Gasteiger partial charge in [-0.05, 0) is 31.3 Å². The molecule has 1 aromatic rings. The Morgan fingerprint density at radius 1 is 1.36 bits per heavy atom. The number of benzene rings is 1. The standard InChI is InChI=1S/C9H11N3OS/c1-6-2-4-7(5-3-6)8(13)12(11)9(10)14/h2-5H,11H2,1H3,(H2,10,14). The fourth-order valence-electron chi connectivity index (χ4n) is 0.935. The van der Waals surface area contributed by atoms with Gasteiger partial charge in [0.1, 0.15) is 0 Å². The summed E-state index contributed by atoms with van der Waals surface area (Å²) in [5.74, 6) is 4.94. The Morgan fingerprint density at radius 3 is 2.29 bits per heavy atom. The Morgan fingerprint density at radius 2 is 1.86 bits per heavy atom. The van der Waals surface area contributed by atoms with Crippen LogP contribution in [0.2, 0.25) is 0 Å². The summed E-state index contributed by atoms with van der Waals surface area (Å²) in [4.78, 5) is 11.5. The molecule has 0 unspecified atom stereocenters. The van der Waals surface area contributed by atoms with Crippen molar-refractivity contribution in [2.24, 2.45) is 11.6 Å². The molecule has 4 nitrogen and oxygen atoms in total. The zero-order valence-electron chi connectivity index (χ0n) is 7.73. The summed E-state index contributed by atoms with van der Waals surface area (Å²) < 4.78 is 0. The molecule has 0 spiro atoms. The predicted octanol–water partition coefficient (Wildman–Crippen LogP) is 0.555. The van der Waals surface area contributed by atoms with Gasteiger partial charge in [-0.25, -0.2) is 10.9 Å². The summed E-state index contributed by atoms with van der Waals surface area (Å²) >= 11 is 4.58. The molecule has 1 aromatic carbocycles. The van der Waals surface area contributed by atoms with E-state index in [0.29, 0.717) is 5.56 Å². The molecule has 0 atom stereocenters. The second-order valence-corrected chi connectivity index (χ2v) is 3.30. The predicted molar refractivity (Wildman–Crippen MR) is 58.3 cm³/mol. The smallest absolute Gasteiger partial charge is 0.274 e. The molecule has 0 aromatic heterocycles. The number of carbonyl (C=O) groups excluding carboxylic acids is 1. The molecule has 14 heavy (non-hydrogen) atoms. The molecule has 5 heteroatoms. The van der Waals surface area contributed by atoms with Gasteiger partial charge in [0.15, 0.2) is 5.11 Å². The Labute approximate surface area is 87.5 Å². The Hall–Kier alpha value is -1.46. The minimum absolute atomic E-state index is 0.143. The number of thiocarbonyl (C=S) groups is 1. The number of hydrogen-bond donors (Lipinski definition) is 2. The third-order valence-electron chi connectivity index (χ3n) is 1.75. The van der Waals surface area contributed by atoms with Crippen LogP contribution in [0.15, 0.2) is 24.3 Å². The monoisotopic (exact) mass is 209 g/mol. The zero-order valence-corrected chi connectivity index (χ0v) is 8.54. The lowest BCUT2D eigenvalue weighted by atomic mass is 10.1. The first-order valence-electron chi connectivity index (χ1n) is 3.97. The molecule has 0 saturated heterocycles. The molecule has 74 valence electrons. The number of hydrogen-bond acceptors (Lipinski definition) is 3. The van der Waals surface area contributed by atoms with Crippen LogP contribution in [0.1, 0.15) is 15.9 Å². The van der Waals surface area contributed by atoms with Crippen LogP contribution in [0.5, 0.6) is 0 Å². The number of rotatable bonds is 1. The Bertz CT molecular complexity index is 361. The van der Waals surface area contributed by atoms with E-state index >= 15 is 0 Å². The summed E-state index contributed by atoms with van der Waals surface area (Å²) in [5, 5.41) is 0.607. The van der Waals surface area contributed by atoms with Crippen molar-refractivity contribution < 1.29 is 4.79 Å². The minimum atomic E-state index is -0.405. The number of nitrogens with zero attached hydrogens (tertiary/aromatic N) is 1. The summed E-state index contributed by atoms with van der Waals surface area (Å²) in [7, 11) is 0. The van der Waals surface area contributed by atoms with Gasteiger partial charge >= 0.3 is 0 Å². The first-order valence-corrected chi connectivity index (χ1v) is 4.38. The number of carbonyl (C=O) groups is 1. The molecule has 0 aliphatic heterocycles. The second kappa shape index (κ2) is 4.17. The molecular weight excluding hydrogens is 198 g/mol. The average molecular weight is 209 g/mol. The van der Waals surface area contributed by atoms with Crippen molar-refractivity contribution >= 4 is 23.2 Å². The van der Waals surface area contributed by atoms with Crippen molar-refractivity contribution in [1.82, 2.24) is 5.01 Å². The third-order valence-corrected chi connectivity index (χ3v) is 1.95. The summed E-state index contributed by atoms with van der Waals surface area (Å²) in [5.41, 5.74) is 6.75. The molecule has 0 fully saturated rings. The van der Waals surface area contributed by atoms with Gasteiger partial charge in [-0.15, -0.1) is 0 Å². The largest absolute Gasteiger partial charge is 0.375 e. The molecular formula is C9H11N3OS. The lowest BCUT2D eigenvalue weighted by Gasteiger charge is -2.13. The lowest BCUT2D eigenvalue weighted by Crippen LogP contribution is -2.45. The summed E-state index contributed by atoms with van der Waals surface area (Å²) in [6.07, 6.45) is 0. The molecule has 0 aliphatic carbocycles. The average Bonchev–Trinajstić information content (AvgIpc) is 2.16. The fraction of sp³-hybridized carbons (Fsp3) is 0.111. The van der Waals surface area contributed by atoms with Crippen molar-refractivity contribution in [2.45, 2.75) is 6.92 Å². The maximum Gasteiger partial charge on any atom is 0.274 e. The number of nitrogens with two attached hydrogens (primary N) is 2. The van der Waals surface area contributed by atoms with Gasteiger partial charge in [-0.1, -0.05) is 17.7 Å². The van der Waals surface area contributed by atoms with Crippen molar-refractivity contribution in [2.75, 3.05) is 0 Å². The lowest BCUT2D eigenvalue weighted by molar-refractivity contribution is 0.0848. The van der Waals surface area contributed by atoms with Crippen molar-refractivity contribution in [3.63, 3.8) is 0 Å². The van der Waals surface area contributed by atoms with E-state index in [2.05, 4.69) is 12.2 Å². The van der Waals surface area contributed by atoms with Gasteiger partial charge in [0, 0.05) is 5.56 Å². The number of amides is 1. The van der Waals surface area contributed by atoms with Gasteiger partial charge in [0.2, 0.25) is 0 Å². The van der Waals surface area contributed by atoms with Crippen LogP contribution < -0.4 is 11.6 Å². The van der Waals surface area contributed by atoms with Gasteiger partial charge in [-0.2, -0.15) is 0 Å². The molecule has 1 amide bonds. The Balaban J connectivity index is 2.90. The molecule has 0 bridgehead atoms. The van der Waals surface area contributed by atoms with E-state index in [0.717, 1.165) is 10.6 Å². The maximum atomic E-state index is 11.5. The topological polar surface area (TPSA) is 72.3 Å². The molecule has 4 N–H and O–H groups in total. The van der Waals surface area contributed by atoms with Gasteiger partial charge in [-0.3, -0.25) is 4.79 Å². The first kappa shape index (κ1) is 10.6. The van der Waals surface area contributed by atoms with Crippen LogP contribution in [0.3, 0.4) is 0 Å². The van der Waals surface area contributed by atoms with Crippen molar-refractivity contribution in [1.29, 1.82) is 0 Å². The highest BCUT2D eigenvalue weighted by atomic mass is 32.1. The van der Waals surface area contributed by atoms with Crippen LogP contribution in [-0.2, 0) is 0 Å². The zero-order chi connectivity index (χ0) is 10.7. The first-order chi connectivity index (χ1) is 6.52. The molecule has 0 aliphatic rings. The second-order valence-electron chi connectivity index (χ2n) is 2.88. The van der Waals surface area contributed by atoms with Crippen LogP contribution in [0.25, 0.3) is 0 Å². The number of hydrazine groups is 1.